The van der Waals surface area contributed by atoms with Gasteiger partial charge >= 0.3 is 0 Å². The van der Waals surface area contributed by atoms with E-state index < -0.39 is 0 Å². The van der Waals surface area contributed by atoms with Crippen LogP contribution < -0.4 is 0 Å². The quantitative estimate of drug-likeness (QED) is 0.547. The molecule has 60 valence electrons. The summed E-state index contributed by atoms with van der Waals surface area (Å²) in [4.78, 5) is 0. The maximum atomic E-state index is 2.34. The van der Waals surface area contributed by atoms with Crippen LogP contribution in [0.2, 0.25) is 0 Å². The van der Waals surface area contributed by atoms with Crippen molar-refractivity contribution >= 4 is 0 Å². The Morgan fingerprint density at radius 3 is 3.00 bits per heavy atom. The van der Waals surface area contributed by atoms with Crippen molar-refractivity contribution in [1.82, 2.24) is 0 Å². The van der Waals surface area contributed by atoms with Gasteiger partial charge in [-0.2, -0.15) is 0 Å². The van der Waals surface area contributed by atoms with E-state index >= 15 is 0 Å². The molecule has 0 N–H and O–H groups in total. The van der Waals surface area contributed by atoms with Gasteiger partial charge in [0.25, 0.3) is 0 Å². The van der Waals surface area contributed by atoms with E-state index in [0.717, 1.165) is 5.92 Å². The zero-order chi connectivity index (χ0) is 8.13. The second-order valence-electron chi connectivity index (χ2n) is 4.02. The summed E-state index contributed by atoms with van der Waals surface area (Å²) in [6, 6.07) is 0. The molecular formula is C12H12. The first-order valence-corrected chi connectivity index (χ1v) is 4.65. The van der Waals surface area contributed by atoms with Gasteiger partial charge in [-0.15, -0.1) is 0 Å². The van der Waals surface area contributed by atoms with Gasteiger partial charge in [0, 0.05) is 5.92 Å². The van der Waals surface area contributed by atoms with Gasteiger partial charge in [0.1, 0.15) is 0 Å². The summed E-state index contributed by atoms with van der Waals surface area (Å²) in [7, 11) is 0. The Morgan fingerprint density at radius 2 is 2.33 bits per heavy atom. The van der Waals surface area contributed by atoms with Crippen LogP contribution in [0.5, 0.6) is 0 Å². The lowest BCUT2D eigenvalue weighted by molar-refractivity contribution is 1.02. The molecule has 0 aliphatic heterocycles. The molecule has 0 spiro atoms. The van der Waals surface area contributed by atoms with Gasteiger partial charge in [-0.1, -0.05) is 42.9 Å². The normalized spacial score (nSPS) is 38.9. The van der Waals surface area contributed by atoms with E-state index in [9.17, 15) is 0 Å². The first-order valence-electron chi connectivity index (χ1n) is 4.65. The van der Waals surface area contributed by atoms with Crippen molar-refractivity contribution < 1.29 is 0 Å². The van der Waals surface area contributed by atoms with E-state index in [2.05, 4.69) is 37.3 Å². The fourth-order valence-corrected chi connectivity index (χ4v) is 1.73. The molecule has 0 heteroatoms. The van der Waals surface area contributed by atoms with Crippen LogP contribution in [-0.4, -0.2) is 0 Å². The van der Waals surface area contributed by atoms with E-state index in [1.54, 1.807) is 5.57 Å². The Balaban J connectivity index is 1.85. The lowest BCUT2D eigenvalue weighted by Gasteiger charge is -1.99. The van der Waals surface area contributed by atoms with Gasteiger partial charge in [-0.25, -0.2) is 0 Å². The Bertz CT molecular complexity index is 350. The number of fused-ring (bicyclic) bond motifs is 1. The van der Waals surface area contributed by atoms with Crippen LogP contribution in [0.1, 0.15) is 13.3 Å². The van der Waals surface area contributed by atoms with Crippen molar-refractivity contribution in [2.24, 2.45) is 11.8 Å². The second-order valence-corrected chi connectivity index (χ2v) is 4.02. The molecule has 3 rings (SSSR count). The number of allylic oxidation sites excluding steroid dienone is 8. The van der Waals surface area contributed by atoms with E-state index in [1.807, 2.05) is 0 Å². The topological polar surface area (TPSA) is 0 Å². The van der Waals surface area contributed by atoms with E-state index in [1.165, 1.54) is 17.6 Å². The van der Waals surface area contributed by atoms with Crippen molar-refractivity contribution in [3.8, 4) is 0 Å². The monoisotopic (exact) mass is 156 g/mol. The fourth-order valence-electron chi connectivity index (χ4n) is 1.73. The van der Waals surface area contributed by atoms with Crippen molar-refractivity contribution in [3.63, 3.8) is 0 Å². The summed E-state index contributed by atoms with van der Waals surface area (Å²) in [5.41, 5.74) is 4.53. The van der Waals surface area contributed by atoms with Gasteiger partial charge in [0.2, 0.25) is 0 Å². The fraction of sp³-hybridized carbons (Fsp3) is 0.333. The third-order valence-electron chi connectivity index (χ3n) is 2.84. The maximum absolute atomic E-state index is 2.34. The van der Waals surface area contributed by atoms with Gasteiger partial charge in [0.05, 0.1) is 0 Å². The zero-order valence-electron chi connectivity index (χ0n) is 7.25. The van der Waals surface area contributed by atoms with Crippen LogP contribution in [0.25, 0.3) is 0 Å². The maximum Gasteiger partial charge on any atom is 0.0205 e. The molecule has 3 aliphatic rings. The molecule has 1 saturated carbocycles. The predicted octanol–water partition coefficient (Wildman–Crippen LogP) is 3.01. The molecule has 0 nitrogen and oxygen atoms in total. The molecule has 0 heterocycles. The standard InChI is InChI=1S/C12H12/c1-8-4-11(8)5-9-2-3-10-7-12(10)6-9/h2-3,5-8,10H,4H2,1H3/b11-5+/t8?,10-/m1/s1. The highest BCUT2D eigenvalue weighted by Crippen LogP contribution is 2.40. The number of hydrogen-bond donors (Lipinski definition) is 0. The largest absolute Gasteiger partial charge is 0.0726 e. The second kappa shape index (κ2) is 2.01. The van der Waals surface area contributed by atoms with Crippen LogP contribution >= 0.6 is 0 Å². The minimum atomic E-state index is 0.698. The molecular weight excluding hydrogens is 144 g/mol. The van der Waals surface area contributed by atoms with Crippen molar-refractivity contribution in [3.05, 3.63) is 47.1 Å². The molecule has 0 aromatic carbocycles. The molecule has 0 aromatic heterocycles. The number of rotatable bonds is 1. The molecule has 0 radical (unpaired) electrons. The molecule has 3 aliphatic carbocycles. The highest BCUT2D eigenvalue weighted by molar-refractivity contribution is 5.55. The van der Waals surface area contributed by atoms with Crippen molar-refractivity contribution in [1.29, 1.82) is 0 Å². The Morgan fingerprint density at radius 1 is 1.50 bits per heavy atom. The Hall–Kier alpha value is -1.04. The van der Waals surface area contributed by atoms with Crippen LogP contribution in [0.3, 0.4) is 0 Å². The van der Waals surface area contributed by atoms with Crippen LogP contribution in [-0.2, 0) is 0 Å². The highest BCUT2D eigenvalue weighted by atomic mass is 14.3. The van der Waals surface area contributed by atoms with E-state index in [4.69, 9.17) is 0 Å². The predicted molar refractivity (Wildman–Crippen MR) is 50.7 cm³/mol. The molecule has 1 fully saturated rings. The van der Waals surface area contributed by atoms with Crippen molar-refractivity contribution in [2.45, 2.75) is 13.3 Å². The van der Waals surface area contributed by atoms with E-state index in [0.29, 0.717) is 5.92 Å². The summed E-state index contributed by atoms with van der Waals surface area (Å²) in [5, 5.41) is 0. The minimum absolute atomic E-state index is 0.698. The lowest BCUT2D eigenvalue weighted by Crippen LogP contribution is -1.82. The average Bonchev–Trinajstić information content (AvgIpc) is 2.90. The smallest absolute Gasteiger partial charge is 0.0205 e. The molecule has 0 aromatic rings. The van der Waals surface area contributed by atoms with Crippen molar-refractivity contribution in [2.75, 3.05) is 0 Å². The van der Waals surface area contributed by atoms with Gasteiger partial charge in [-0.3, -0.25) is 0 Å². The molecule has 1 unspecified atom stereocenters. The average molecular weight is 156 g/mol. The van der Waals surface area contributed by atoms with Gasteiger partial charge in [0.15, 0.2) is 0 Å². The molecule has 0 bridgehead atoms. The van der Waals surface area contributed by atoms with Gasteiger partial charge in [-0.05, 0) is 23.5 Å². The number of hydrogen-bond acceptors (Lipinski definition) is 0. The third kappa shape index (κ3) is 0.989. The molecule has 2 atom stereocenters. The molecule has 0 amide bonds. The summed E-state index contributed by atoms with van der Waals surface area (Å²) < 4.78 is 0. The third-order valence-corrected chi connectivity index (χ3v) is 2.84. The zero-order valence-corrected chi connectivity index (χ0v) is 7.25. The van der Waals surface area contributed by atoms with Gasteiger partial charge < -0.3 is 0 Å². The van der Waals surface area contributed by atoms with Crippen LogP contribution in [0.4, 0.5) is 0 Å². The van der Waals surface area contributed by atoms with Crippen LogP contribution in [0, 0.1) is 11.8 Å². The minimum Gasteiger partial charge on any atom is -0.0726 e. The molecule has 0 saturated heterocycles. The lowest BCUT2D eigenvalue weighted by atomic mass is 10.1. The first-order chi connectivity index (χ1) is 5.83. The molecule has 12 heavy (non-hydrogen) atoms. The highest BCUT2D eigenvalue weighted by Gasteiger charge is 2.26. The summed E-state index contributed by atoms with van der Waals surface area (Å²) in [6.07, 6.45) is 12.8. The van der Waals surface area contributed by atoms with E-state index in [-0.39, 0.29) is 0 Å². The summed E-state index contributed by atoms with van der Waals surface area (Å²) in [6.45, 7) is 2.29. The Labute approximate surface area is 73.0 Å². The summed E-state index contributed by atoms with van der Waals surface area (Å²) >= 11 is 0. The Kier molecular flexibility index (Phi) is 1.08. The van der Waals surface area contributed by atoms with Crippen LogP contribution in [0.15, 0.2) is 47.1 Å². The SMILES string of the molecule is CC1C/C1=C\C1=CC2=C[C@H]2C=C1. The first kappa shape index (κ1) is 6.47. The summed E-state index contributed by atoms with van der Waals surface area (Å²) in [5.74, 6) is 1.55.